The van der Waals surface area contributed by atoms with Gasteiger partial charge in [-0.1, -0.05) is 52.9 Å². The first-order valence-electron chi connectivity index (χ1n) is 7.28. The molecule has 0 N–H and O–H groups in total. The Balaban J connectivity index is 4.26. The smallest absolute Gasteiger partial charge is 0.308 e. The van der Waals surface area contributed by atoms with E-state index in [-0.39, 0.29) is 11.0 Å². The topological polar surface area (TPSA) is 26.3 Å². The highest BCUT2D eigenvalue weighted by Crippen LogP contribution is 2.36. The van der Waals surface area contributed by atoms with E-state index in [1.165, 1.54) is 12.8 Å². The van der Waals surface area contributed by atoms with Crippen molar-refractivity contribution in [2.24, 2.45) is 0 Å². The molecule has 3 heteroatoms. The van der Waals surface area contributed by atoms with Crippen molar-refractivity contribution < 1.29 is 9.53 Å². The molecule has 0 rings (SSSR count). The molecular weight excluding hydrogens is 228 g/mol. The minimum Gasteiger partial charge on any atom is -0.466 e. The zero-order valence-electron chi connectivity index (χ0n) is 12.2. The fourth-order valence-electron chi connectivity index (χ4n) is 1.95. The molecule has 0 aliphatic rings. The lowest BCUT2D eigenvalue weighted by Gasteiger charge is -2.27. The standard InChI is InChI=1S/C14H30O2Si/c1-4-7-10-14(17,11-8-5-2)13(15)16-12-9-6-3/h4-12H2,1-3,17H3. The number of ether oxygens (including phenoxy) is 1. The van der Waals surface area contributed by atoms with Crippen LogP contribution in [0, 0.1) is 0 Å². The van der Waals surface area contributed by atoms with Crippen LogP contribution in [-0.2, 0) is 9.53 Å². The van der Waals surface area contributed by atoms with E-state index in [1.54, 1.807) is 0 Å². The zero-order valence-corrected chi connectivity index (χ0v) is 14.2. The maximum absolute atomic E-state index is 12.2. The van der Waals surface area contributed by atoms with Gasteiger partial charge in [0.2, 0.25) is 0 Å². The molecule has 17 heavy (non-hydrogen) atoms. The van der Waals surface area contributed by atoms with Crippen LogP contribution >= 0.6 is 0 Å². The summed E-state index contributed by atoms with van der Waals surface area (Å²) in [6.45, 7) is 7.10. The van der Waals surface area contributed by atoms with E-state index in [9.17, 15) is 4.79 Å². The van der Waals surface area contributed by atoms with Crippen LogP contribution in [0.1, 0.15) is 72.1 Å². The van der Waals surface area contributed by atoms with Gasteiger partial charge >= 0.3 is 5.97 Å². The quantitative estimate of drug-likeness (QED) is 0.342. The van der Waals surface area contributed by atoms with Crippen LogP contribution in [0.5, 0.6) is 0 Å². The Hall–Kier alpha value is -0.313. The van der Waals surface area contributed by atoms with Gasteiger partial charge in [-0.25, -0.2) is 0 Å². The number of esters is 1. The Morgan fingerprint density at radius 1 is 1.00 bits per heavy atom. The number of hydrogen-bond acceptors (Lipinski definition) is 2. The summed E-state index contributed by atoms with van der Waals surface area (Å²) in [6, 6.07) is 0. The molecule has 0 fully saturated rings. The summed E-state index contributed by atoms with van der Waals surface area (Å²) in [5.74, 6) is 0.0829. The number of hydrogen-bond donors (Lipinski definition) is 0. The van der Waals surface area contributed by atoms with Crippen molar-refractivity contribution in [3.8, 4) is 0 Å². The van der Waals surface area contributed by atoms with Crippen LogP contribution in [-0.4, -0.2) is 22.8 Å². The lowest BCUT2D eigenvalue weighted by atomic mass is 9.94. The molecule has 0 aliphatic carbocycles. The molecule has 2 nitrogen and oxygen atoms in total. The van der Waals surface area contributed by atoms with Crippen LogP contribution in [0.25, 0.3) is 0 Å². The van der Waals surface area contributed by atoms with Crippen molar-refractivity contribution in [2.75, 3.05) is 6.61 Å². The van der Waals surface area contributed by atoms with Crippen molar-refractivity contribution >= 4 is 16.2 Å². The molecule has 0 unspecified atom stereocenters. The first-order chi connectivity index (χ1) is 8.10. The monoisotopic (exact) mass is 258 g/mol. The average Bonchev–Trinajstić information content (AvgIpc) is 2.34. The van der Waals surface area contributed by atoms with E-state index in [0.717, 1.165) is 48.8 Å². The summed E-state index contributed by atoms with van der Waals surface area (Å²) in [4.78, 5) is 12.2. The molecule has 102 valence electrons. The van der Waals surface area contributed by atoms with Crippen molar-refractivity contribution in [2.45, 2.75) is 77.2 Å². The molecule has 0 aliphatic heterocycles. The van der Waals surface area contributed by atoms with E-state index in [4.69, 9.17) is 4.74 Å². The van der Waals surface area contributed by atoms with Crippen molar-refractivity contribution in [3.63, 3.8) is 0 Å². The van der Waals surface area contributed by atoms with Gasteiger partial charge in [0.1, 0.15) is 0 Å². The van der Waals surface area contributed by atoms with Crippen LogP contribution < -0.4 is 0 Å². The molecule has 0 spiro atoms. The molecule has 0 saturated heterocycles. The number of unbranched alkanes of at least 4 members (excludes halogenated alkanes) is 3. The van der Waals surface area contributed by atoms with Gasteiger partial charge in [-0.3, -0.25) is 4.79 Å². The maximum Gasteiger partial charge on any atom is 0.308 e. The summed E-state index contributed by atoms with van der Waals surface area (Å²) >= 11 is 0. The number of carbonyl (C=O) groups is 1. The highest BCUT2D eigenvalue weighted by atomic mass is 28.1. The molecule has 0 heterocycles. The van der Waals surface area contributed by atoms with Gasteiger partial charge in [-0.05, 0) is 19.3 Å². The lowest BCUT2D eigenvalue weighted by molar-refractivity contribution is -0.148. The normalized spacial score (nSPS) is 11.7. The fourth-order valence-corrected chi connectivity index (χ4v) is 2.80. The zero-order chi connectivity index (χ0) is 13.1. The van der Waals surface area contributed by atoms with Gasteiger partial charge in [-0.15, -0.1) is 0 Å². The van der Waals surface area contributed by atoms with Gasteiger partial charge in [0, 0.05) is 10.2 Å². The third-order valence-electron chi connectivity index (χ3n) is 3.39. The lowest BCUT2D eigenvalue weighted by Crippen LogP contribution is -2.27. The predicted molar refractivity (Wildman–Crippen MR) is 77.5 cm³/mol. The second kappa shape index (κ2) is 9.69. The Morgan fingerprint density at radius 2 is 1.47 bits per heavy atom. The Kier molecular flexibility index (Phi) is 9.51. The van der Waals surface area contributed by atoms with Gasteiger partial charge in [0.05, 0.1) is 11.6 Å². The highest BCUT2D eigenvalue weighted by molar-refractivity contribution is 6.27. The third-order valence-corrected chi connectivity index (χ3v) is 4.80. The summed E-state index contributed by atoms with van der Waals surface area (Å²) in [5, 5.41) is -0.111. The number of carbonyl (C=O) groups excluding carboxylic acids is 1. The Morgan fingerprint density at radius 3 is 1.88 bits per heavy atom. The molecule has 0 aromatic rings. The molecule has 0 saturated carbocycles. The second-order valence-corrected chi connectivity index (χ2v) is 7.17. The van der Waals surface area contributed by atoms with Crippen LogP contribution in [0.3, 0.4) is 0 Å². The first kappa shape index (κ1) is 16.7. The summed E-state index contributed by atoms with van der Waals surface area (Å²) in [5.41, 5.74) is 0. The summed E-state index contributed by atoms with van der Waals surface area (Å²) in [7, 11) is 0.924. The molecule has 0 aromatic heterocycles. The largest absolute Gasteiger partial charge is 0.466 e. The van der Waals surface area contributed by atoms with Crippen molar-refractivity contribution in [3.05, 3.63) is 0 Å². The predicted octanol–water partition coefficient (Wildman–Crippen LogP) is 3.23. The Bertz CT molecular complexity index is 196. The molecule has 0 amide bonds. The highest BCUT2D eigenvalue weighted by Gasteiger charge is 2.33. The second-order valence-electron chi connectivity index (χ2n) is 5.26. The number of rotatable bonds is 10. The van der Waals surface area contributed by atoms with Crippen molar-refractivity contribution in [1.29, 1.82) is 0 Å². The fraction of sp³-hybridized carbons (Fsp3) is 0.929. The van der Waals surface area contributed by atoms with E-state index in [2.05, 4.69) is 20.8 Å². The van der Waals surface area contributed by atoms with E-state index < -0.39 is 0 Å². The molecule has 0 bridgehead atoms. The minimum atomic E-state index is -0.111. The summed E-state index contributed by atoms with van der Waals surface area (Å²) in [6.07, 6.45) is 8.76. The van der Waals surface area contributed by atoms with Crippen molar-refractivity contribution in [1.82, 2.24) is 0 Å². The molecule has 0 aromatic carbocycles. The van der Waals surface area contributed by atoms with Gasteiger partial charge < -0.3 is 4.74 Å². The van der Waals surface area contributed by atoms with Gasteiger partial charge in [0.25, 0.3) is 0 Å². The maximum atomic E-state index is 12.2. The van der Waals surface area contributed by atoms with E-state index in [0.29, 0.717) is 6.61 Å². The van der Waals surface area contributed by atoms with E-state index in [1.807, 2.05) is 0 Å². The van der Waals surface area contributed by atoms with Crippen LogP contribution in [0.15, 0.2) is 0 Å². The first-order valence-corrected chi connectivity index (χ1v) is 8.28. The summed E-state index contributed by atoms with van der Waals surface area (Å²) < 4.78 is 5.44. The third kappa shape index (κ3) is 6.87. The molecule has 0 radical (unpaired) electrons. The van der Waals surface area contributed by atoms with E-state index >= 15 is 0 Å². The molecular formula is C14H30O2Si. The Labute approximate surface area is 110 Å². The average molecular weight is 258 g/mol. The SMILES string of the molecule is CCCCOC(=O)C([SiH3])(CCCC)CCCC. The van der Waals surface area contributed by atoms with Gasteiger partial charge in [0.15, 0.2) is 0 Å². The van der Waals surface area contributed by atoms with Crippen LogP contribution in [0.2, 0.25) is 5.04 Å². The van der Waals surface area contributed by atoms with Gasteiger partial charge in [-0.2, -0.15) is 0 Å². The minimum absolute atomic E-state index is 0.0829. The molecule has 0 atom stereocenters. The van der Waals surface area contributed by atoms with Crippen LogP contribution in [0.4, 0.5) is 0 Å².